The molecule has 0 aromatic heterocycles. The molecule has 0 amide bonds. The minimum atomic E-state index is -0.152. The molecule has 17 heavy (non-hydrogen) atoms. The first-order valence-corrected chi connectivity index (χ1v) is 5.90. The van der Waals surface area contributed by atoms with E-state index in [1.54, 1.807) is 30.3 Å². The summed E-state index contributed by atoms with van der Waals surface area (Å²) in [4.78, 5) is 12.2. The summed E-state index contributed by atoms with van der Waals surface area (Å²) in [5.41, 5.74) is 2.05. The van der Waals surface area contributed by atoms with Crippen LogP contribution >= 0.6 is 23.2 Å². The smallest absolute Gasteiger partial charge is 0.196 e. The van der Waals surface area contributed by atoms with Gasteiger partial charge in [-0.05, 0) is 19.1 Å². The lowest BCUT2D eigenvalue weighted by Gasteiger charge is -2.06. The molecule has 2 rings (SSSR count). The zero-order valence-corrected chi connectivity index (χ0v) is 10.7. The SMILES string of the molecule is Cc1ccc(C(=O)c2c(Cl)cccc2Cl)cc1. The first kappa shape index (κ1) is 12.2. The zero-order valence-electron chi connectivity index (χ0n) is 9.21. The van der Waals surface area contributed by atoms with Crippen LogP contribution in [0.2, 0.25) is 10.0 Å². The van der Waals surface area contributed by atoms with Gasteiger partial charge in [0.1, 0.15) is 0 Å². The minimum Gasteiger partial charge on any atom is -0.288 e. The predicted octanol–water partition coefficient (Wildman–Crippen LogP) is 4.53. The van der Waals surface area contributed by atoms with Gasteiger partial charge in [-0.2, -0.15) is 0 Å². The number of hydrogen-bond acceptors (Lipinski definition) is 1. The number of hydrogen-bond donors (Lipinski definition) is 0. The normalized spacial score (nSPS) is 10.3. The molecule has 0 radical (unpaired) electrons. The number of benzene rings is 2. The van der Waals surface area contributed by atoms with E-state index >= 15 is 0 Å². The molecule has 3 heteroatoms. The Balaban J connectivity index is 2.47. The molecule has 0 aliphatic carbocycles. The van der Waals surface area contributed by atoms with Gasteiger partial charge in [0.2, 0.25) is 0 Å². The van der Waals surface area contributed by atoms with Gasteiger partial charge in [0, 0.05) is 5.56 Å². The highest BCUT2D eigenvalue weighted by Crippen LogP contribution is 2.26. The Hall–Kier alpha value is -1.31. The molecular weight excluding hydrogens is 255 g/mol. The van der Waals surface area contributed by atoms with Crippen LogP contribution in [0.15, 0.2) is 42.5 Å². The van der Waals surface area contributed by atoms with Crippen molar-refractivity contribution in [3.05, 3.63) is 69.2 Å². The first-order chi connectivity index (χ1) is 8.09. The highest BCUT2D eigenvalue weighted by Gasteiger charge is 2.15. The molecule has 0 N–H and O–H groups in total. The van der Waals surface area contributed by atoms with Crippen molar-refractivity contribution in [3.63, 3.8) is 0 Å². The summed E-state index contributed by atoms with van der Waals surface area (Å²) in [5.74, 6) is -0.152. The average molecular weight is 265 g/mol. The van der Waals surface area contributed by atoms with Crippen molar-refractivity contribution < 1.29 is 4.79 Å². The van der Waals surface area contributed by atoms with Crippen LogP contribution in [0.5, 0.6) is 0 Å². The van der Waals surface area contributed by atoms with Gasteiger partial charge in [-0.15, -0.1) is 0 Å². The molecule has 0 fully saturated rings. The van der Waals surface area contributed by atoms with E-state index in [4.69, 9.17) is 23.2 Å². The maximum Gasteiger partial charge on any atom is 0.196 e. The molecule has 2 aromatic rings. The Labute approximate surface area is 110 Å². The number of carbonyl (C=O) groups excluding carboxylic acids is 1. The van der Waals surface area contributed by atoms with Gasteiger partial charge in [0.25, 0.3) is 0 Å². The molecule has 1 nitrogen and oxygen atoms in total. The van der Waals surface area contributed by atoms with Gasteiger partial charge in [-0.3, -0.25) is 4.79 Å². The van der Waals surface area contributed by atoms with Gasteiger partial charge in [-0.1, -0.05) is 59.1 Å². The molecule has 0 unspecified atom stereocenters. The second-order valence-corrected chi connectivity index (χ2v) is 4.61. The van der Waals surface area contributed by atoms with Crippen molar-refractivity contribution in [2.45, 2.75) is 6.92 Å². The Bertz CT molecular complexity index is 539. The second kappa shape index (κ2) is 4.91. The minimum absolute atomic E-state index is 0.152. The fourth-order valence-electron chi connectivity index (χ4n) is 1.56. The summed E-state index contributed by atoms with van der Waals surface area (Å²) in [7, 11) is 0. The van der Waals surface area contributed by atoms with E-state index in [0.29, 0.717) is 21.2 Å². The van der Waals surface area contributed by atoms with Crippen molar-refractivity contribution in [2.24, 2.45) is 0 Å². The highest BCUT2D eigenvalue weighted by molar-refractivity contribution is 6.41. The number of carbonyl (C=O) groups is 1. The van der Waals surface area contributed by atoms with E-state index in [-0.39, 0.29) is 5.78 Å². The summed E-state index contributed by atoms with van der Waals surface area (Å²) < 4.78 is 0. The molecule has 0 spiro atoms. The van der Waals surface area contributed by atoms with E-state index in [1.807, 2.05) is 19.1 Å². The maximum absolute atomic E-state index is 12.2. The number of aryl methyl sites for hydroxylation is 1. The summed E-state index contributed by atoms with van der Waals surface area (Å²) in [6.07, 6.45) is 0. The lowest BCUT2D eigenvalue weighted by Crippen LogP contribution is -2.03. The van der Waals surface area contributed by atoms with Crippen LogP contribution in [0.4, 0.5) is 0 Å². The van der Waals surface area contributed by atoms with Gasteiger partial charge in [0.15, 0.2) is 5.78 Å². The molecule has 0 saturated carbocycles. The highest BCUT2D eigenvalue weighted by atomic mass is 35.5. The summed E-state index contributed by atoms with van der Waals surface area (Å²) in [6, 6.07) is 12.4. The van der Waals surface area contributed by atoms with E-state index < -0.39 is 0 Å². The van der Waals surface area contributed by atoms with Crippen LogP contribution in [0.3, 0.4) is 0 Å². The van der Waals surface area contributed by atoms with E-state index in [9.17, 15) is 4.79 Å². The van der Waals surface area contributed by atoms with Gasteiger partial charge >= 0.3 is 0 Å². The molecule has 0 bridgehead atoms. The Morgan fingerprint density at radius 1 is 0.941 bits per heavy atom. The molecule has 0 aliphatic rings. The third-order valence-electron chi connectivity index (χ3n) is 2.50. The summed E-state index contributed by atoms with van der Waals surface area (Å²) in [5, 5.41) is 0.756. The monoisotopic (exact) mass is 264 g/mol. The fourth-order valence-corrected chi connectivity index (χ4v) is 2.13. The summed E-state index contributed by atoms with van der Waals surface area (Å²) >= 11 is 12.0. The molecular formula is C14H10Cl2O. The van der Waals surface area contributed by atoms with Crippen molar-refractivity contribution in [1.82, 2.24) is 0 Å². The lowest BCUT2D eigenvalue weighted by atomic mass is 10.0. The van der Waals surface area contributed by atoms with Gasteiger partial charge in [-0.25, -0.2) is 0 Å². The predicted molar refractivity (Wildman–Crippen MR) is 71.1 cm³/mol. The quantitative estimate of drug-likeness (QED) is 0.729. The molecule has 0 aliphatic heterocycles. The number of rotatable bonds is 2. The largest absolute Gasteiger partial charge is 0.288 e. The first-order valence-electron chi connectivity index (χ1n) is 5.15. The van der Waals surface area contributed by atoms with Crippen molar-refractivity contribution in [3.8, 4) is 0 Å². The fraction of sp³-hybridized carbons (Fsp3) is 0.0714. The molecule has 86 valence electrons. The van der Waals surface area contributed by atoms with E-state index in [1.165, 1.54) is 0 Å². The molecule has 0 saturated heterocycles. The zero-order chi connectivity index (χ0) is 12.4. The van der Waals surface area contributed by atoms with Crippen LogP contribution in [0.25, 0.3) is 0 Å². The van der Waals surface area contributed by atoms with Gasteiger partial charge in [0.05, 0.1) is 15.6 Å². The Morgan fingerprint density at radius 3 is 2.00 bits per heavy atom. The van der Waals surface area contributed by atoms with Crippen LogP contribution in [0.1, 0.15) is 21.5 Å². The third kappa shape index (κ3) is 2.51. The maximum atomic E-state index is 12.2. The molecule has 0 atom stereocenters. The van der Waals surface area contributed by atoms with Crippen LogP contribution in [-0.4, -0.2) is 5.78 Å². The van der Waals surface area contributed by atoms with Crippen molar-refractivity contribution >= 4 is 29.0 Å². The van der Waals surface area contributed by atoms with Crippen LogP contribution in [-0.2, 0) is 0 Å². The van der Waals surface area contributed by atoms with E-state index in [2.05, 4.69) is 0 Å². The average Bonchev–Trinajstić information content (AvgIpc) is 2.29. The standard InChI is InChI=1S/C14H10Cl2O/c1-9-5-7-10(8-6-9)14(17)13-11(15)3-2-4-12(13)16/h2-8H,1H3. The topological polar surface area (TPSA) is 17.1 Å². The Kier molecular flexibility index (Phi) is 3.51. The number of ketones is 1. The molecule has 2 aromatic carbocycles. The Morgan fingerprint density at radius 2 is 1.47 bits per heavy atom. The van der Waals surface area contributed by atoms with Crippen LogP contribution < -0.4 is 0 Å². The third-order valence-corrected chi connectivity index (χ3v) is 3.13. The van der Waals surface area contributed by atoms with Crippen molar-refractivity contribution in [1.29, 1.82) is 0 Å². The lowest BCUT2D eigenvalue weighted by molar-refractivity contribution is 0.103. The summed E-state index contributed by atoms with van der Waals surface area (Å²) in [6.45, 7) is 1.97. The van der Waals surface area contributed by atoms with Crippen molar-refractivity contribution in [2.75, 3.05) is 0 Å². The van der Waals surface area contributed by atoms with E-state index in [0.717, 1.165) is 5.56 Å². The van der Waals surface area contributed by atoms with Gasteiger partial charge < -0.3 is 0 Å². The molecule has 0 heterocycles. The number of halogens is 2. The second-order valence-electron chi connectivity index (χ2n) is 3.79. The van der Waals surface area contributed by atoms with Crippen LogP contribution in [0, 0.1) is 6.92 Å².